The zero-order valence-corrected chi connectivity index (χ0v) is 22.0. The second kappa shape index (κ2) is 15.1. The van der Waals surface area contributed by atoms with Crippen molar-refractivity contribution in [1.82, 2.24) is 0 Å². The van der Waals surface area contributed by atoms with E-state index in [9.17, 15) is 0 Å². The molecule has 0 saturated carbocycles. The standard InChI is InChI=1S/3C3H5Br2O.Sb/c3*4-1-3(5)2-6;/h3*3H,1-2H2;/q3*-1;+3. The molecule has 0 heterocycles. The molecule has 0 aromatic heterocycles. The van der Waals surface area contributed by atoms with Crippen molar-refractivity contribution in [2.75, 3.05) is 35.8 Å². The van der Waals surface area contributed by atoms with Crippen molar-refractivity contribution in [1.29, 1.82) is 0 Å². The normalized spacial score (nSPS) is 16.6. The fourth-order valence-electron chi connectivity index (χ4n) is 0.671. The molecule has 0 aromatic rings. The number of rotatable bonds is 12. The van der Waals surface area contributed by atoms with Crippen LogP contribution in [0.15, 0.2) is 0 Å². The van der Waals surface area contributed by atoms with E-state index in [1.165, 1.54) is 0 Å². The van der Waals surface area contributed by atoms with E-state index in [-0.39, 0.29) is 14.5 Å². The first-order valence-electron chi connectivity index (χ1n) is 5.32. The Kier molecular flexibility index (Phi) is 18.0. The van der Waals surface area contributed by atoms with Crippen molar-refractivity contribution >= 4 is 117 Å². The van der Waals surface area contributed by atoms with E-state index in [1.807, 2.05) is 0 Å². The minimum absolute atomic E-state index is 0.276. The van der Waals surface area contributed by atoms with Crippen molar-refractivity contribution in [3.63, 3.8) is 0 Å². The van der Waals surface area contributed by atoms with Crippen LogP contribution < -0.4 is 0 Å². The van der Waals surface area contributed by atoms with Crippen molar-refractivity contribution in [3.05, 3.63) is 0 Å². The van der Waals surface area contributed by atoms with E-state index in [0.29, 0.717) is 19.8 Å². The van der Waals surface area contributed by atoms with Crippen molar-refractivity contribution < 1.29 is 9.05 Å². The number of hydrogen-bond donors (Lipinski definition) is 0. The van der Waals surface area contributed by atoms with Crippen LogP contribution in [0.5, 0.6) is 0 Å². The van der Waals surface area contributed by atoms with Crippen LogP contribution >= 0.6 is 95.6 Å². The van der Waals surface area contributed by atoms with Gasteiger partial charge in [0.05, 0.1) is 0 Å². The molecule has 19 heavy (non-hydrogen) atoms. The molecule has 0 spiro atoms. The van der Waals surface area contributed by atoms with Crippen molar-refractivity contribution in [3.8, 4) is 0 Å². The second-order valence-corrected chi connectivity index (χ2v) is 12.7. The minimum atomic E-state index is -2.56. The van der Waals surface area contributed by atoms with Crippen LogP contribution in [0.2, 0.25) is 0 Å². The maximum absolute atomic E-state index is 5.77. The Labute approximate surface area is 174 Å². The van der Waals surface area contributed by atoms with Gasteiger partial charge in [0.1, 0.15) is 0 Å². The van der Waals surface area contributed by atoms with Crippen LogP contribution in [0.1, 0.15) is 0 Å². The molecule has 10 heteroatoms. The molecule has 0 amide bonds. The first-order chi connectivity index (χ1) is 9.03. The summed E-state index contributed by atoms with van der Waals surface area (Å²) in [6.45, 7) is 1.78. The van der Waals surface area contributed by atoms with Crippen molar-refractivity contribution in [2.24, 2.45) is 0 Å². The maximum atomic E-state index is 5.77. The zero-order chi connectivity index (χ0) is 14.7. The molecule has 0 saturated heterocycles. The van der Waals surface area contributed by atoms with Gasteiger partial charge in [-0.1, -0.05) is 0 Å². The fourth-order valence-corrected chi connectivity index (χ4v) is 6.68. The Morgan fingerprint density at radius 1 is 0.632 bits per heavy atom. The number of hydrogen-bond acceptors (Lipinski definition) is 3. The summed E-state index contributed by atoms with van der Waals surface area (Å²) in [5, 5.41) is 2.52. The van der Waals surface area contributed by atoms with Crippen LogP contribution in [-0.2, 0) is 9.05 Å². The first-order valence-corrected chi connectivity index (χ1v) is 14.6. The van der Waals surface area contributed by atoms with Gasteiger partial charge in [-0.2, -0.15) is 0 Å². The van der Waals surface area contributed by atoms with Gasteiger partial charge in [0.15, 0.2) is 0 Å². The summed E-state index contributed by atoms with van der Waals surface area (Å²) in [4.78, 5) is 0.829. The zero-order valence-electron chi connectivity index (χ0n) is 9.91. The Morgan fingerprint density at radius 2 is 0.895 bits per heavy atom. The molecular weight excluding hydrogens is 757 g/mol. The summed E-state index contributed by atoms with van der Waals surface area (Å²) >= 11 is 18.1. The Hall–Kier alpha value is 3.58. The quantitative estimate of drug-likeness (QED) is 0.217. The van der Waals surface area contributed by atoms with Gasteiger partial charge in [-0.3, -0.25) is 0 Å². The third kappa shape index (κ3) is 13.7. The molecule has 0 aromatic carbocycles. The molecule has 0 fully saturated rings. The summed E-state index contributed by atoms with van der Waals surface area (Å²) in [6.07, 6.45) is 0. The van der Waals surface area contributed by atoms with Gasteiger partial charge in [0.25, 0.3) is 0 Å². The molecule has 0 aliphatic carbocycles. The van der Waals surface area contributed by atoms with E-state index in [1.54, 1.807) is 0 Å². The summed E-state index contributed by atoms with van der Waals surface area (Å²) in [5.41, 5.74) is 0. The Balaban J connectivity index is 4.06. The molecule has 0 bridgehead atoms. The van der Waals surface area contributed by atoms with Gasteiger partial charge in [-0.15, -0.1) is 0 Å². The fraction of sp³-hybridized carbons (Fsp3) is 1.00. The average Bonchev–Trinajstić information content (AvgIpc) is 2.44. The summed E-state index contributed by atoms with van der Waals surface area (Å²) in [6, 6.07) is 0. The third-order valence-corrected chi connectivity index (χ3v) is 11.4. The first kappa shape index (κ1) is 22.6. The van der Waals surface area contributed by atoms with E-state index >= 15 is 0 Å². The van der Waals surface area contributed by atoms with Crippen LogP contribution in [0.25, 0.3) is 0 Å². The van der Waals surface area contributed by atoms with E-state index in [2.05, 4.69) is 95.6 Å². The van der Waals surface area contributed by atoms with Crippen LogP contribution in [0, 0.1) is 0 Å². The SMILES string of the molecule is BrCC(Br)C[O][Sb]([O]CC(Br)CBr)[O]CC(Br)CBr. The predicted octanol–water partition coefficient (Wildman–Crippen LogP) is 4.50. The van der Waals surface area contributed by atoms with E-state index in [4.69, 9.17) is 9.05 Å². The van der Waals surface area contributed by atoms with E-state index in [0.717, 1.165) is 16.0 Å². The van der Waals surface area contributed by atoms with Gasteiger partial charge in [-0.05, 0) is 0 Å². The van der Waals surface area contributed by atoms with E-state index < -0.39 is 21.5 Å². The molecule has 3 nitrogen and oxygen atoms in total. The molecule has 116 valence electrons. The van der Waals surface area contributed by atoms with Crippen LogP contribution in [-0.4, -0.2) is 71.8 Å². The molecular formula is C9H15Br6O3Sb. The molecule has 0 rings (SSSR count). The second-order valence-electron chi connectivity index (χ2n) is 3.37. The van der Waals surface area contributed by atoms with Gasteiger partial charge in [0, 0.05) is 0 Å². The molecule has 0 radical (unpaired) electrons. The van der Waals surface area contributed by atoms with Crippen molar-refractivity contribution in [2.45, 2.75) is 14.5 Å². The predicted molar refractivity (Wildman–Crippen MR) is 103 cm³/mol. The van der Waals surface area contributed by atoms with Crippen LogP contribution in [0.3, 0.4) is 0 Å². The molecule has 0 aliphatic heterocycles. The average molecular weight is 772 g/mol. The van der Waals surface area contributed by atoms with Gasteiger partial charge in [-0.25, -0.2) is 0 Å². The molecule has 3 unspecified atom stereocenters. The van der Waals surface area contributed by atoms with Gasteiger partial charge in [0.2, 0.25) is 0 Å². The number of alkyl halides is 6. The summed E-state index contributed by atoms with van der Waals surface area (Å²) in [7, 11) is 0. The van der Waals surface area contributed by atoms with Crippen LogP contribution in [0.4, 0.5) is 0 Å². The third-order valence-electron chi connectivity index (χ3n) is 1.58. The summed E-state index contributed by atoms with van der Waals surface area (Å²) < 4.78 is 17.3. The summed E-state index contributed by atoms with van der Waals surface area (Å²) in [5.74, 6) is 0. The van der Waals surface area contributed by atoms with Gasteiger partial charge < -0.3 is 0 Å². The molecule has 3 atom stereocenters. The monoisotopic (exact) mass is 766 g/mol. The molecule has 0 aliphatic rings. The van der Waals surface area contributed by atoms with Gasteiger partial charge >= 0.3 is 176 Å². The Bertz CT molecular complexity index is 183. The molecule has 0 N–H and O–H groups in total. The Morgan fingerprint density at radius 3 is 1.11 bits per heavy atom. The topological polar surface area (TPSA) is 27.7 Å². The number of halogens is 6.